The van der Waals surface area contributed by atoms with Crippen molar-refractivity contribution in [1.29, 1.82) is 0 Å². The number of aromatic nitrogens is 2. The molecule has 0 fully saturated rings. The van der Waals surface area contributed by atoms with Crippen molar-refractivity contribution in [3.8, 4) is 5.69 Å². The molecule has 9 heteroatoms. The lowest BCUT2D eigenvalue weighted by atomic mass is 10.2. The molecule has 3 N–H and O–H groups in total. The Morgan fingerprint density at radius 3 is 2.31 bits per heavy atom. The highest BCUT2D eigenvalue weighted by atomic mass is 16.3. The normalized spacial score (nSPS) is 11.1. The lowest BCUT2D eigenvalue weighted by Gasteiger charge is -2.12. The quantitative estimate of drug-likeness (QED) is 0.410. The summed E-state index contributed by atoms with van der Waals surface area (Å²) in [6, 6.07) is 19.9. The monoisotopic (exact) mass is 468 g/mol. The van der Waals surface area contributed by atoms with Crippen molar-refractivity contribution in [2.45, 2.75) is 13.5 Å². The Bertz CT molecular complexity index is 1730. The molecular formula is C26H20N4O5. The van der Waals surface area contributed by atoms with Crippen LogP contribution in [0.15, 0.2) is 86.8 Å². The second-order valence-electron chi connectivity index (χ2n) is 8.11. The van der Waals surface area contributed by atoms with E-state index < -0.39 is 23.1 Å². The number of hydrogen-bond donors (Lipinski definition) is 2. The first-order valence-corrected chi connectivity index (χ1v) is 10.8. The average molecular weight is 468 g/mol. The Hall–Kier alpha value is -4.92. The molecule has 3 aromatic carbocycles. The Balaban J connectivity index is 1.65. The van der Waals surface area contributed by atoms with Crippen LogP contribution in [0.4, 0.5) is 5.69 Å². The highest BCUT2D eigenvalue weighted by molar-refractivity contribution is 6.03. The minimum atomic E-state index is -0.669. The summed E-state index contributed by atoms with van der Waals surface area (Å²) < 4.78 is 8.06. The van der Waals surface area contributed by atoms with Crippen molar-refractivity contribution in [3.05, 3.63) is 105 Å². The number of aryl methyl sites for hydroxylation is 1. The van der Waals surface area contributed by atoms with Gasteiger partial charge >= 0.3 is 11.2 Å². The molecule has 5 rings (SSSR count). The molecular weight excluding hydrogens is 448 g/mol. The highest BCUT2D eigenvalue weighted by Crippen LogP contribution is 2.26. The van der Waals surface area contributed by atoms with Crippen molar-refractivity contribution in [1.82, 2.24) is 9.13 Å². The molecule has 0 aliphatic rings. The van der Waals surface area contributed by atoms with E-state index in [-0.39, 0.29) is 17.6 Å². The molecule has 0 saturated carbocycles. The minimum absolute atomic E-state index is 0.0232. The molecule has 35 heavy (non-hydrogen) atoms. The van der Waals surface area contributed by atoms with Crippen LogP contribution in [0, 0.1) is 6.92 Å². The van der Waals surface area contributed by atoms with Crippen LogP contribution in [0.5, 0.6) is 0 Å². The molecule has 0 radical (unpaired) electrons. The van der Waals surface area contributed by atoms with Gasteiger partial charge in [-0.2, -0.15) is 0 Å². The van der Waals surface area contributed by atoms with Crippen LogP contribution in [0.1, 0.15) is 15.9 Å². The summed E-state index contributed by atoms with van der Waals surface area (Å²) in [6.07, 6.45) is 0. The Labute approximate surface area is 198 Å². The average Bonchev–Trinajstić information content (AvgIpc) is 3.23. The number of rotatable bonds is 5. The molecule has 0 unspecified atom stereocenters. The summed E-state index contributed by atoms with van der Waals surface area (Å²) in [5, 5.41) is 3.25. The van der Waals surface area contributed by atoms with Gasteiger partial charge in [-0.25, -0.2) is 9.36 Å². The molecule has 0 aliphatic carbocycles. The third kappa shape index (κ3) is 3.89. The number of primary amides is 1. The van der Waals surface area contributed by atoms with E-state index in [1.165, 1.54) is 28.8 Å². The first kappa shape index (κ1) is 21.9. The predicted octanol–water partition coefficient (Wildman–Crippen LogP) is 2.94. The number of benzene rings is 3. The van der Waals surface area contributed by atoms with E-state index >= 15 is 0 Å². The molecule has 0 aliphatic heterocycles. The maximum Gasteiger partial charge on any atom is 0.336 e. The highest BCUT2D eigenvalue weighted by Gasteiger charge is 2.22. The zero-order valence-corrected chi connectivity index (χ0v) is 18.6. The van der Waals surface area contributed by atoms with Gasteiger partial charge in [-0.15, -0.1) is 0 Å². The summed E-state index contributed by atoms with van der Waals surface area (Å²) in [6.45, 7) is 1.52. The van der Waals surface area contributed by atoms with Crippen molar-refractivity contribution in [3.63, 3.8) is 0 Å². The summed E-state index contributed by atoms with van der Waals surface area (Å²) >= 11 is 0. The summed E-state index contributed by atoms with van der Waals surface area (Å²) in [5.74, 6) is -1.08. The van der Waals surface area contributed by atoms with Gasteiger partial charge in [-0.05, 0) is 55.5 Å². The number of amides is 2. The van der Waals surface area contributed by atoms with E-state index in [4.69, 9.17) is 10.2 Å². The number of nitrogens with zero attached hydrogens (tertiary/aromatic N) is 2. The molecule has 0 bridgehead atoms. The van der Waals surface area contributed by atoms with Gasteiger partial charge in [0.2, 0.25) is 17.4 Å². The molecule has 2 aromatic heterocycles. The smallest absolute Gasteiger partial charge is 0.336 e. The van der Waals surface area contributed by atoms with Crippen molar-refractivity contribution in [2.75, 3.05) is 5.32 Å². The number of hydrogen-bond acceptors (Lipinski definition) is 5. The summed E-state index contributed by atoms with van der Waals surface area (Å²) in [5.41, 5.74) is 6.69. The van der Waals surface area contributed by atoms with Crippen molar-refractivity contribution in [2.24, 2.45) is 5.73 Å². The summed E-state index contributed by atoms with van der Waals surface area (Å²) in [7, 11) is 0. The number of nitrogens with one attached hydrogen (secondary N) is 1. The van der Waals surface area contributed by atoms with Crippen LogP contribution in [-0.2, 0) is 11.3 Å². The van der Waals surface area contributed by atoms with Gasteiger partial charge in [0, 0.05) is 16.6 Å². The molecule has 9 nitrogen and oxygen atoms in total. The van der Waals surface area contributed by atoms with E-state index in [2.05, 4.69) is 5.32 Å². The Kier molecular flexibility index (Phi) is 5.29. The standard InChI is InChI=1S/C26H20N4O5/c1-15-6-12-18(13-7-15)30-25(33)23-22(19-4-2-3-5-20(19)35-23)29(26(30)34)14-21(31)28-17-10-8-16(9-11-17)24(27)32/h2-13H,14H2,1H3,(H2,27,32)(H,28,31). The lowest BCUT2D eigenvalue weighted by molar-refractivity contribution is -0.116. The fraction of sp³-hybridized carbons (Fsp3) is 0.0769. The van der Waals surface area contributed by atoms with Crippen LogP contribution < -0.4 is 22.3 Å². The predicted molar refractivity (Wildman–Crippen MR) is 132 cm³/mol. The van der Waals surface area contributed by atoms with Crippen LogP contribution in [0.2, 0.25) is 0 Å². The van der Waals surface area contributed by atoms with Crippen LogP contribution in [0.25, 0.3) is 27.8 Å². The molecule has 0 spiro atoms. The summed E-state index contributed by atoms with van der Waals surface area (Å²) in [4.78, 5) is 51.2. The van der Waals surface area contributed by atoms with Crippen molar-refractivity contribution < 1.29 is 14.0 Å². The van der Waals surface area contributed by atoms with Gasteiger partial charge in [-0.3, -0.25) is 19.0 Å². The van der Waals surface area contributed by atoms with Crippen LogP contribution in [0.3, 0.4) is 0 Å². The Morgan fingerprint density at radius 2 is 1.63 bits per heavy atom. The van der Waals surface area contributed by atoms with Crippen molar-refractivity contribution >= 4 is 39.6 Å². The molecule has 174 valence electrons. The molecule has 2 amide bonds. The maximum absolute atomic E-state index is 13.6. The third-order valence-corrected chi connectivity index (χ3v) is 5.71. The number of carbonyl (C=O) groups is 2. The molecule has 5 aromatic rings. The number of nitrogens with two attached hydrogens (primary N) is 1. The molecule has 0 saturated heterocycles. The van der Waals surface area contributed by atoms with Gasteiger partial charge in [0.25, 0.3) is 0 Å². The minimum Gasteiger partial charge on any atom is -0.449 e. The molecule has 2 heterocycles. The van der Waals surface area contributed by atoms with Gasteiger partial charge in [0.05, 0.1) is 5.69 Å². The SMILES string of the molecule is Cc1ccc(-n2c(=O)c3oc4ccccc4c3n(CC(=O)Nc3ccc(C(N)=O)cc3)c2=O)cc1. The van der Waals surface area contributed by atoms with Crippen LogP contribution in [-0.4, -0.2) is 20.9 Å². The van der Waals surface area contributed by atoms with E-state index in [9.17, 15) is 19.2 Å². The maximum atomic E-state index is 13.6. The second kappa shape index (κ2) is 8.45. The zero-order valence-electron chi connectivity index (χ0n) is 18.6. The van der Waals surface area contributed by atoms with Gasteiger partial charge in [-0.1, -0.05) is 29.8 Å². The van der Waals surface area contributed by atoms with Crippen LogP contribution >= 0.6 is 0 Å². The number of fused-ring (bicyclic) bond motifs is 3. The number of anilines is 1. The lowest BCUT2D eigenvalue weighted by Crippen LogP contribution is -2.40. The molecule has 0 atom stereocenters. The topological polar surface area (TPSA) is 129 Å². The third-order valence-electron chi connectivity index (χ3n) is 5.71. The Morgan fingerprint density at radius 1 is 0.943 bits per heavy atom. The largest absolute Gasteiger partial charge is 0.449 e. The van der Waals surface area contributed by atoms with E-state index in [1.54, 1.807) is 48.5 Å². The number of para-hydroxylation sites is 1. The first-order valence-electron chi connectivity index (χ1n) is 10.8. The van der Waals surface area contributed by atoms with Gasteiger partial charge in [0.1, 0.15) is 17.6 Å². The van der Waals surface area contributed by atoms with E-state index in [0.717, 1.165) is 10.1 Å². The number of carbonyl (C=O) groups excluding carboxylic acids is 2. The number of furan rings is 1. The fourth-order valence-electron chi connectivity index (χ4n) is 3.98. The second-order valence-corrected chi connectivity index (χ2v) is 8.11. The van der Waals surface area contributed by atoms with E-state index in [1.807, 2.05) is 6.92 Å². The first-order chi connectivity index (χ1) is 16.8. The zero-order chi connectivity index (χ0) is 24.7. The van der Waals surface area contributed by atoms with E-state index in [0.29, 0.717) is 27.9 Å². The fourth-order valence-corrected chi connectivity index (χ4v) is 3.98. The van der Waals surface area contributed by atoms with Gasteiger partial charge < -0.3 is 15.5 Å². The van der Waals surface area contributed by atoms with Gasteiger partial charge in [0.15, 0.2) is 0 Å².